The van der Waals surface area contributed by atoms with Crippen molar-refractivity contribution in [1.82, 2.24) is 10.3 Å². The number of nitrogens with zero attached hydrogens (tertiary/aromatic N) is 1. The average Bonchev–Trinajstić information content (AvgIpc) is 2.78. The Labute approximate surface area is 192 Å². The van der Waals surface area contributed by atoms with Gasteiger partial charge >= 0.3 is 5.97 Å². The van der Waals surface area contributed by atoms with Crippen LogP contribution in [-0.4, -0.2) is 28.5 Å². The van der Waals surface area contributed by atoms with Crippen molar-refractivity contribution in [3.8, 4) is 11.1 Å². The standard InChI is InChI=1S/C26H28FN3O3/c1-17(2)14-23(19-8-6-18(7-9-19)20-4-3-5-22(27)15-20)30-24-11-10-21(16-29-24)26(33)28-13-12-25(31)32/h3-11,15-17,23H,12-14H2,1-2H3,(H,28,33)(H,29,30)(H,31,32). The summed E-state index contributed by atoms with van der Waals surface area (Å²) in [7, 11) is 0. The molecule has 0 aliphatic heterocycles. The summed E-state index contributed by atoms with van der Waals surface area (Å²) in [5.41, 5.74) is 3.22. The van der Waals surface area contributed by atoms with Crippen LogP contribution >= 0.6 is 0 Å². The zero-order valence-electron chi connectivity index (χ0n) is 18.7. The number of carboxylic acid groups (broad SMARTS) is 1. The van der Waals surface area contributed by atoms with Crippen LogP contribution in [-0.2, 0) is 4.79 Å². The number of hydrogen-bond donors (Lipinski definition) is 3. The Morgan fingerprint density at radius 3 is 2.39 bits per heavy atom. The summed E-state index contributed by atoms with van der Waals surface area (Å²) in [5.74, 6) is -0.516. The van der Waals surface area contributed by atoms with Crippen molar-refractivity contribution in [2.75, 3.05) is 11.9 Å². The second-order valence-corrected chi connectivity index (χ2v) is 8.29. The van der Waals surface area contributed by atoms with Gasteiger partial charge in [0.2, 0.25) is 0 Å². The summed E-state index contributed by atoms with van der Waals surface area (Å²) in [5, 5.41) is 14.7. The van der Waals surface area contributed by atoms with E-state index in [1.165, 1.54) is 18.3 Å². The lowest BCUT2D eigenvalue weighted by Gasteiger charge is -2.22. The molecule has 0 fully saturated rings. The number of anilines is 1. The fraction of sp³-hybridized carbons (Fsp3) is 0.269. The Morgan fingerprint density at radius 1 is 1.03 bits per heavy atom. The predicted octanol–water partition coefficient (Wildman–Crippen LogP) is 5.29. The van der Waals surface area contributed by atoms with Gasteiger partial charge in [-0.2, -0.15) is 0 Å². The molecule has 3 rings (SSSR count). The van der Waals surface area contributed by atoms with Crippen molar-refractivity contribution in [3.63, 3.8) is 0 Å². The smallest absolute Gasteiger partial charge is 0.305 e. The van der Waals surface area contributed by atoms with E-state index in [1.54, 1.807) is 18.2 Å². The molecule has 0 aliphatic carbocycles. The van der Waals surface area contributed by atoms with Gasteiger partial charge in [0.25, 0.3) is 5.91 Å². The molecule has 1 heterocycles. The Hall–Kier alpha value is -3.74. The monoisotopic (exact) mass is 449 g/mol. The number of benzene rings is 2. The summed E-state index contributed by atoms with van der Waals surface area (Å²) in [6, 6.07) is 18.0. The SMILES string of the molecule is CC(C)CC(Nc1ccc(C(=O)NCCC(=O)O)cn1)c1ccc(-c2cccc(F)c2)cc1. The highest BCUT2D eigenvalue weighted by Crippen LogP contribution is 2.28. The summed E-state index contributed by atoms with van der Waals surface area (Å²) >= 11 is 0. The quantitative estimate of drug-likeness (QED) is 0.391. The summed E-state index contributed by atoms with van der Waals surface area (Å²) < 4.78 is 13.6. The van der Waals surface area contributed by atoms with E-state index in [0.717, 1.165) is 23.1 Å². The molecule has 0 radical (unpaired) electrons. The molecular weight excluding hydrogens is 421 g/mol. The number of nitrogens with one attached hydrogen (secondary N) is 2. The maximum atomic E-state index is 13.6. The molecular formula is C26H28FN3O3. The number of aromatic nitrogens is 1. The van der Waals surface area contributed by atoms with Crippen LogP contribution < -0.4 is 10.6 Å². The largest absolute Gasteiger partial charge is 0.481 e. The summed E-state index contributed by atoms with van der Waals surface area (Å²) in [6.45, 7) is 4.36. The van der Waals surface area contributed by atoms with Crippen LogP contribution in [0.4, 0.5) is 10.2 Å². The molecule has 1 atom stereocenters. The molecule has 7 heteroatoms. The Morgan fingerprint density at radius 2 is 1.79 bits per heavy atom. The molecule has 3 aromatic rings. The number of halogens is 1. The van der Waals surface area contributed by atoms with Crippen molar-refractivity contribution in [2.45, 2.75) is 32.7 Å². The van der Waals surface area contributed by atoms with E-state index in [-0.39, 0.29) is 30.7 Å². The van der Waals surface area contributed by atoms with E-state index in [0.29, 0.717) is 17.3 Å². The summed E-state index contributed by atoms with van der Waals surface area (Å²) in [6.07, 6.45) is 2.21. The van der Waals surface area contributed by atoms with E-state index in [1.807, 2.05) is 30.3 Å². The van der Waals surface area contributed by atoms with Crippen molar-refractivity contribution < 1.29 is 19.1 Å². The van der Waals surface area contributed by atoms with E-state index >= 15 is 0 Å². The third-order valence-electron chi connectivity index (χ3n) is 5.15. The minimum absolute atomic E-state index is 0.00861. The van der Waals surface area contributed by atoms with Crippen molar-refractivity contribution in [3.05, 3.63) is 83.8 Å². The van der Waals surface area contributed by atoms with Crippen LogP contribution in [0, 0.1) is 11.7 Å². The van der Waals surface area contributed by atoms with Crippen LogP contribution in [0.1, 0.15) is 48.7 Å². The zero-order valence-corrected chi connectivity index (χ0v) is 18.7. The summed E-state index contributed by atoms with van der Waals surface area (Å²) in [4.78, 5) is 27.0. The number of aliphatic carboxylic acids is 1. The van der Waals surface area contributed by atoms with Crippen molar-refractivity contribution >= 4 is 17.7 Å². The molecule has 3 N–H and O–H groups in total. The van der Waals surface area contributed by atoms with E-state index < -0.39 is 5.97 Å². The van der Waals surface area contributed by atoms with Gasteiger partial charge in [-0.05, 0) is 53.3 Å². The van der Waals surface area contributed by atoms with Gasteiger partial charge in [0.15, 0.2) is 0 Å². The highest BCUT2D eigenvalue weighted by atomic mass is 19.1. The highest BCUT2D eigenvalue weighted by molar-refractivity contribution is 5.94. The lowest BCUT2D eigenvalue weighted by molar-refractivity contribution is -0.136. The molecule has 0 saturated heterocycles. The van der Waals surface area contributed by atoms with Gasteiger partial charge < -0.3 is 15.7 Å². The lowest BCUT2D eigenvalue weighted by Crippen LogP contribution is -2.26. The first-order valence-electron chi connectivity index (χ1n) is 10.9. The molecule has 1 unspecified atom stereocenters. The van der Waals surface area contributed by atoms with E-state index in [2.05, 4.69) is 29.5 Å². The molecule has 2 aromatic carbocycles. The number of carbonyl (C=O) groups excluding carboxylic acids is 1. The highest BCUT2D eigenvalue weighted by Gasteiger charge is 2.15. The third-order valence-corrected chi connectivity index (χ3v) is 5.15. The first kappa shape index (κ1) is 23.9. The van der Waals surface area contributed by atoms with E-state index in [4.69, 9.17) is 5.11 Å². The molecule has 0 spiro atoms. The van der Waals surface area contributed by atoms with Gasteiger partial charge in [-0.25, -0.2) is 9.37 Å². The number of amides is 1. The van der Waals surface area contributed by atoms with Crippen LogP contribution in [0.2, 0.25) is 0 Å². The third kappa shape index (κ3) is 7.14. The second kappa shape index (κ2) is 11.2. The van der Waals surface area contributed by atoms with Gasteiger partial charge in [0.1, 0.15) is 11.6 Å². The molecule has 33 heavy (non-hydrogen) atoms. The Kier molecular flexibility index (Phi) is 8.13. The first-order valence-corrected chi connectivity index (χ1v) is 10.9. The van der Waals surface area contributed by atoms with Crippen LogP contribution in [0.5, 0.6) is 0 Å². The number of pyridine rings is 1. The molecule has 0 saturated carbocycles. The lowest BCUT2D eigenvalue weighted by atomic mass is 9.95. The van der Waals surface area contributed by atoms with Gasteiger partial charge in [-0.3, -0.25) is 9.59 Å². The fourth-order valence-corrected chi connectivity index (χ4v) is 3.50. The maximum absolute atomic E-state index is 13.6. The molecule has 0 aliphatic rings. The minimum Gasteiger partial charge on any atom is -0.481 e. The second-order valence-electron chi connectivity index (χ2n) is 8.29. The molecule has 1 amide bonds. The number of carboxylic acids is 1. The predicted molar refractivity (Wildman–Crippen MR) is 126 cm³/mol. The Bertz CT molecular complexity index is 1080. The van der Waals surface area contributed by atoms with Gasteiger partial charge in [0, 0.05) is 12.7 Å². The zero-order chi connectivity index (χ0) is 23.8. The Balaban J connectivity index is 1.70. The first-order chi connectivity index (χ1) is 15.8. The van der Waals surface area contributed by atoms with Gasteiger partial charge in [0.05, 0.1) is 18.0 Å². The van der Waals surface area contributed by atoms with Crippen LogP contribution in [0.15, 0.2) is 66.9 Å². The number of carbonyl (C=O) groups is 2. The average molecular weight is 450 g/mol. The number of hydrogen-bond acceptors (Lipinski definition) is 4. The normalized spacial score (nSPS) is 11.8. The fourth-order valence-electron chi connectivity index (χ4n) is 3.50. The molecule has 1 aromatic heterocycles. The minimum atomic E-state index is -0.965. The van der Waals surface area contributed by atoms with Crippen LogP contribution in [0.3, 0.4) is 0 Å². The van der Waals surface area contributed by atoms with Gasteiger partial charge in [-0.1, -0.05) is 50.2 Å². The van der Waals surface area contributed by atoms with E-state index in [9.17, 15) is 14.0 Å². The molecule has 172 valence electrons. The van der Waals surface area contributed by atoms with Crippen LogP contribution in [0.25, 0.3) is 11.1 Å². The molecule has 0 bridgehead atoms. The maximum Gasteiger partial charge on any atom is 0.305 e. The van der Waals surface area contributed by atoms with Gasteiger partial charge in [-0.15, -0.1) is 0 Å². The number of rotatable bonds is 10. The molecule has 6 nitrogen and oxygen atoms in total. The topological polar surface area (TPSA) is 91.3 Å². The van der Waals surface area contributed by atoms with Crippen molar-refractivity contribution in [2.24, 2.45) is 5.92 Å². The van der Waals surface area contributed by atoms with Crippen molar-refractivity contribution in [1.29, 1.82) is 0 Å².